The predicted molar refractivity (Wildman–Crippen MR) is 79.1 cm³/mol. The molecule has 1 saturated carbocycles. The van der Waals surface area contributed by atoms with E-state index in [-0.39, 0.29) is 5.84 Å². The van der Waals surface area contributed by atoms with Gasteiger partial charge in [0, 0.05) is 24.3 Å². The van der Waals surface area contributed by atoms with Crippen LogP contribution in [0.3, 0.4) is 0 Å². The molecule has 2 heterocycles. The number of pyridine rings is 1. The Morgan fingerprint density at radius 2 is 2.05 bits per heavy atom. The second kappa shape index (κ2) is 5.69. The maximum atomic E-state index is 8.69. The van der Waals surface area contributed by atoms with Crippen molar-refractivity contribution in [2.75, 3.05) is 11.4 Å². The first kappa shape index (κ1) is 13.2. The van der Waals surface area contributed by atoms with Crippen molar-refractivity contribution in [1.29, 1.82) is 0 Å². The molecule has 108 valence electrons. The monoisotopic (exact) mass is 274 g/mol. The summed E-state index contributed by atoms with van der Waals surface area (Å²) in [4.78, 5) is 6.98. The lowest BCUT2D eigenvalue weighted by Crippen LogP contribution is -2.47. The molecule has 0 bridgehead atoms. The molecule has 0 spiro atoms. The van der Waals surface area contributed by atoms with Crippen LogP contribution in [0.15, 0.2) is 23.5 Å². The molecule has 0 aromatic carbocycles. The van der Waals surface area contributed by atoms with E-state index in [1.54, 1.807) is 6.20 Å². The predicted octanol–water partition coefficient (Wildman–Crippen LogP) is 2.34. The quantitative estimate of drug-likeness (QED) is 0.376. The first-order valence-corrected chi connectivity index (χ1v) is 7.50. The number of nitrogens with two attached hydrogens (primary N) is 1. The minimum atomic E-state index is 0.109. The third-order valence-electron chi connectivity index (χ3n) is 4.69. The van der Waals surface area contributed by atoms with E-state index in [4.69, 9.17) is 10.9 Å². The molecule has 1 aliphatic carbocycles. The molecule has 2 atom stereocenters. The molecule has 3 N–H and O–H groups in total. The van der Waals surface area contributed by atoms with E-state index in [1.807, 2.05) is 12.1 Å². The van der Waals surface area contributed by atoms with E-state index in [1.165, 1.54) is 38.5 Å². The van der Waals surface area contributed by atoms with Gasteiger partial charge in [0.05, 0.1) is 0 Å². The maximum Gasteiger partial charge on any atom is 0.171 e. The van der Waals surface area contributed by atoms with Gasteiger partial charge in [-0.25, -0.2) is 4.98 Å². The molecule has 1 aliphatic heterocycles. The molecule has 2 fully saturated rings. The number of amidine groups is 1. The highest BCUT2D eigenvalue weighted by atomic mass is 16.4. The fourth-order valence-corrected chi connectivity index (χ4v) is 3.67. The molecule has 5 nitrogen and oxygen atoms in total. The Kier molecular flexibility index (Phi) is 3.76. The Morgan fingerprint density at radius 1 is 1.25 bits per heavy atom. The van der Waals surface area contributed by atoms with Gasteiger partial charge in [-0.2, -0.15) is 0 Å². The molecule has 1 aromatic heterocycles. The van der Waals surface area contributed by atoms with Crippen molar-refractivity contribution in [3.05, 3.63) is 23.9 Å². The molecule has 5 heteroatoms. The van der Waals surface area contributed by atoms with Crippen molar-refractivity contribution in [3.63, 3.8) is 0 Å². The van der Waals surface area contributed by atoms with Crippen LogP contribution in [0.5, 0.6) is 0 Å². The number of oxime groups is 1. The fraction of sp³-hybridized carbons (Fsp3) is 0.600. The van der Waals surface area contributed by atoms with Crippen molar-refractivity contribution < 1.29 is 5.21 Å². The first-order valence-electron chi connectivity index (χ1n) is 7.50. The molecule has 3 rings (SSSR count). The maximum absolute atomic E-state index is 8.69. The molecule has 2 aliphatic rings. The number of anilines is 1. The second-order valence-electron chi connectivity index (χ2n) is 5.84. The Hall–Kier alpha value is -1.78. The zero-order valence-electron chi connectivity index (χ0n) is 11.7. The smallest absolute Gasteiger partial charge is 0.171 e. The Labute approximate surface area is 119 Å². The second-order valence-corrected chi connectivity index (χ2v) is 5.84. The molecular formula is C15H22N4O. The minimum absolute atomic E-state index is 0.109. The van der Waals surface area contributed by atoms with Crippen molar-refractivity contribution in [3.8, 4) is 0 Å². The molecular weight excluding hydrogens is 252 g/mol. The van der Waals surface area contributed by atoms with Crippen molar-refractivity contribution in [1.82, 2.24) is 4.98 Å². The minimum Gasteiger partial charge on any atom is -0.409 e. The van der Waals surface area contributed by atoms with Crippen LogP contribution in [-0.4, -0.2) is 28.6 Å². The Bertz CT molecular complexity index is 483. The van der Waals surface area contributed by atoms with Crippen molar-refractivity contribution in [2.24, 2.45) is 16.8 Å². The SMILES string of the molecule is N/C(=N/O)c1ccc(N2CCC[C@H]3CCCC[C@H]32)nc1. The van der Waals surface area contributed by atoms with Gasteiger partial charge in [-0.1, -0.05) is 18.0 Å². The normalized spacial score (nSPS) is 27.2. The van der Waals surface area contributed by atoms with Crippen LogP contribution in [0.1, 0.15) is 44.1 Å². The molecule has 1 saturated heterocycles. The zero-order chi connectivity index (χ0) is 13.9. The Morgan fingerprint density at radius 3 is 2.80 bits per heavy atom. The van der Waals surface area contributed by atoms with Crippen LogP contribution in [0.2, 0.25) is 0 Å². The Balaban J connectivity index is 1.80. The summed E-state index contributed by atoms with van der Waals surface area (Å²) in [5, 5.41) is 11.7. The summed E-state index contributed by atoms with van der Waals surface area (Å²) in [6.45, 7) is 1.09. The highest BCUT2D eigenvalue weighted by molar-refractivity contribution is 5.96. The van der Waals surface area contributed by atoms with E-state index in [0.717, 1.165) is 18.3 Å². The molecule has 1 aromatic rings. The fourth-order valence-electron chi connectivity index (χ4n) is 3.67. The summed E-state index contributed by atoms with van der Waals surface area (Å²) in [5.74, 6) is 1.97. The molecule has 0 amide bonds. The number of fused-ring (bicyclic) bond motifs is 1. The number of hydrogen-bond donors (Lipinski definition) is 2. The van der Waals surface area contributed by atoms with Gasteiger partial charge >= 0.3 is 0 Å². The lowest BCUT2D eigenvalue weighted by Gasteiger charge is -2.44. The highest BCUT2D eigenvalue weighted by Crippen LogP contribution is 2.37. The van der Waals surface area contributed by atoms with Crippen molar-refractivity contribution >= 4 is 11.7 Å². The number of hydrogen-bond acceptors (Lipinski definition) is 4. The van der Waals surface area contributed by atoms with Crippen LogP contribution in [-0.2, 0) is 0 Å². The van der Waals surface area contributed by atoms with E-state index >= 15 is 0 Å². The molecule has 20 heavy (non-hydrogen) atoms. The summed E-state index contributed by atoms with van der Waals surface area (Å²) in [6.07, 6.45) is 9.67. The number of nitrogens with zero attached hydrogens (tertiary/aromatic N) is 3. The van der Waals surface area contributed by atoms with Gasteiger partial charge in [0.1, 0.15) is 5.82 Å². The third-order valence-corrected chi connectivity index (χ3v) is 4.69. The summed E-state index contributed by atoms with van der Waals surface area (Å²) < 4.78 is 0. The number of piperidine rings is 1. The van der Waals surface area contributed by atoms with E-state index < -0.39 is 0 Å². The lowest BCUT2D eigenvalue weighted by atomic mass is 9.78. The van der Waals surface area contributed by atoms with Crippen molar-refractivity contribution in [2.45, 2.75) is 44.6 Å². The van der Waals surface area contributed by atoms with Gasteiger partial charge in [-0.3, -0.25) is 0 Å². The summed E-state index contributed by atoms with van der Waals surface area (Å²) >= 11 is 0. The van der Waals surface area contributed by atoms with Gasteiger partial charge in [0.15, 0.2) is 5.84 Å². The van der Waals surface area contributed by atoms with E-state index in [2.05, 4.69) is 15.0 Å². The number of aromatic nitrogens is 1. The largest absolute Gasteiger partial charge is 0.409 e. The summed E-state index contributed by atoms with van der Waals surface area (Å²) in [5.41, 5.74) is 6.24. The highest BCUT2D eigenvalue weighted by Gasteiger charge is 2.33. The van der Waals surface area contributed by atoms with Crippen LogP contribution in [0.25, 0.3) is 0 Å². The average Bonchev–Trinajstić information content (AvgIpc) is 2.54. The topological polar surface area (TPSA) is 74.7 Å². The van der Waals surface area contributed by atoms with Crippen LogP contribution < -0.4 is 10.6 Å². The summed E-state index contributed by atoms with van der Waals surface area (Å²) in [7, 11) is 0. The van der Waals surface area contributed by atoms with E-state index in [0.29, 0.717) is 11.6 Å². The van der Waals surface area contributed by atoms with Gasteiger partial charge in [0.25, 0.3) is 0 Å². The first-order chi connectivity index (χ1) is 9.79. The van der Waals surface area contributed by atoms with E-state index in [9.17, 15) is 0 Å². The standard InChI is InChI=1S/C15H22N4O/c16-15(18-20)12-7-8-14(17-10-12)19-9-3-5-11-4-1-2-6-13(11)19/h7-8,10-11,13,20H,1-6,9H2,(H2,16,18)/t11-,13-/m1/s1. The van der Waals surface area contributed by atoms with Gasteiger partial charge in [-0.15, -0.1) is 0 Å². The average molecular weight is 274 g/mol. The number of rotatable bonds is 2. The summed E-state index contributed by atoms with van der Waals surface area (Å²) in [6, 6.07) is 4.52. The van der Waals surface area contributed by atoms with Crippen LogP contribution in [0.4, 0.5) is 5.82 Å². The zero-order valence-corrected chi connectivity index (χ0v) is 11.7. The molecule has 0 unspecified atom stereocenters. The van der Waals surface area contributed by atoms with Gasteiger partial charge in [-0.05, 0) is 43.7 Å². The van der Waals surface area contributed by atoms with Gasteiger partial charge in [0.2, 0.25) is 0 Å². The van der Waals surface area contributed by atoms with Crippen LogP contribution in [0, 0.1) is 5.92 Å². The lowest BCUT2D eigenvalue weighted by molar-refractivity contribution is 0.243. The van der Waals surface area contributed by atoms with Gasteiger partial charge < -0.3 is 15.8 Å². The third kappa shape index (κ3) is 2.44. The molecule has 0 radical (unpaired) electrons. The van der Waals surface area contributed by atoms with Crippen LogP contribution >= 0.6 is 0 Å².